The van der Waals surface area contributed by atoms with E-state index in [-0.39, 0.29) is 82.1 Å². The predicted molar refractivity (Wildman–Crippen MR) is 227 cm³/mol. The minimum Gasteiger partial charge on any atom is -0.509 e. The summed E-state index contributed by atoms with van der Waals surface area (Å²) in [6.45, 7) is 0. The van der Waals surface area contributed by atoms with Crippen molar-refractivity contribution in [1.82, 2.24) is 8.97 Å². The molecule has 11 rings (SSSR count). The topological polar surface area (TPSA) is 177 Å². The molecule has 1 aliphatic rings. The normalized spacial score (nSPS) is 12.3. The summed E-state index contributed by atoms with van der Waals surface area (Å²) < 4.78 is 14.5. The molecule has 0 fully saturated rings. The van der Waals surface area contributed by atoms with Crippen molar-refractivity contribution in [3.05, 3.63) is 78.9 Å². The van der Waals surface area contributed by atoms with Crippen molar-refractivity contribution >= 4 is 132 Å². The maximum Gasteiger partial charge on any atom is 0.245 e. The van der Waals surface area contributed by atoms with E-state index in [2.05, 4.69) is 0 Å². The van der Waals surface area contributed by atoms with Crippen LogP contribution in [0, 0.1) is 0 Å². The van der Waals surface area contributed by atoms with Gasteiger partial charge < -0.3 is 44.7 Å². The van der Waals surface area contributed by atoms with E-state index < -0.39 is 51.2 Å². The molecule has 58 heavy (non-hydrogen) atoms. The molecule has 11 nitrogen and oxygen atoms in total. The van der Waals surface area contributed by atoms with Crippen molar-refractivity contribution < 1.29 is 44.9 Å². The van der Waals surface area contributed by atoms with Gasteiger partial charge in [-0.25, -0.2) is 0 Å². The Balaban J connectivity index is 1.28. The number of hydrogen-bond acceptors (Lipinski definition) is 9. The van der Waals surface area contributed by atoms with Crippen LogP contribution < -0.4 is 32.8 Å². The van der Waals surface area contributed by atoms with E-state index >= 15 is 0 Å². The molecule has 0 saturated heterocycles. The predicted octanol–water partition coefficient (Wildman–Crippen LogP) is 2.66. The third-order valence-electron chi connectivity index (χ3n) is 11.4. The first-order valence-electron chi connectivity index (χ1n) is 17.8. The molecule has 16 heteroatoms. The van der Waals surface area contributed by atoms with Gasteiger partial charge in [0, 0.05) is 16.5 Å². The number of aromatic nitrogens is 2. The third kappa shape index (κ3) is 4.03. The van der Waals surface area contributed by atoms with Crippen molar-refractivity contribution in [2.24, 2.45) is 0 Å². The molecule has 10 aromatic rings. The van der Waals surface area contributed by atoms with Crippen LogP contribution in [0.4, 0.5) is 0 Å². The Morgan fingerprint density at radius 1 is 0.397 bits per heavy atom. The molecule has 7 aromatic carbocycles. The molecule has 0 atom stereocenters. The highest BCUT2D eigenvalue weighted by molar-refractivity contribution is 6.78. The van der Waals surface area contributed by atoms with Crippen LogP contribution in [-0.4, -0.2) is 83.4 Å². The fraction of sp³-hybridized carbons (Fsp3) is 0. The standard InChI is InChI=1S/C42H20B5N2O9/c43-23-19-20-27-33-42(58-57-41-32-22(35(51)26(46)39(41)55)21-30(49(32)33)28(47-27)36(52)25(45)34(21)50)40(56)31(20)48(29(19)24(44)38(54)37(23)53)18-12-10-17(11-13-18)16-8-6-15(7-9-16)14-4-2-1-3-5-14/h1-13,50-56H. The van der Waals surface area contributed by atoms with Gasteiger partial charge in [-0.15, -0.1) is 0 Å². The highest BCUT2D eigenvalue weighted by Gasteiger charge is 2.36. The van der Waals surface area contributed by atoms with Crippen LogP contribution in [0.2, 0.25) is 0 Å². The van der Waals surface area contributed by atoms with Gasteiger partial charge in [-0.05, 0) is 67.2 Å². The number of aromatic hydroxyl groups is 7. The summed E-state index contributed by atoms with van der Waals surface area (Å²) in [4.78, 5) is 0. The van der Waals surface area contributed by atoms with Crippen LogP contribution in [0.1, 0.15) is 0 Å². The number of hydrogen-bond donors (Lipinski definition) is 7. The Bertz CT molecular complexity index is 3530. The molecule has 0 aliphatic carbocycles. The minimum atomic E-state index is -0.714. The van der Waals surface area contributed by atoms with E-state index in [4.69, 9.17) is 40.5 Å². The van der Waals surface area contributed by atoms with Gasteiger partial charge in [0.15, 0.2) is 17.2 Å². The van der Waals surface area contributed by atoms with Gasteiger partial charge in [-0.2, -0.15) is 0 Å². The number of nitrogens with zero attached hydrogens (tertiary/aromatic N) is 2. The van der Waals surface area contributed by atoms with Crippen molar-refractivity contribution in [2.75, 3.05) is 0 Å². The Kier molecular flexibility index (Phi) is 6.66. The van der Waals surface area contributed by atoms with E-state index in [1.807, 2.05) is 66.7 Å². The van der Waals surface area contributed by atoms with Crippen LogP contribution in [0.25, 0.3) is 88.2 Å². The van der Waals surface area contributed by atoms with Crippen LogP contribution in [0.5, 0.6) is 40.2 Å². The molecule has 3 aromatic heterocycles. The van der Waals surface area contributed by atoms with E-state index in [0.717, 1.165) is 22.3 Å². The van der Waals surface area contributed by atoms with Crippen LogP contribution in [0.15, 0.2) is 88.0 Å². The second-order valence-corrected chi connectivity index (χ2v) is 14.3. The van der Waals surface area contributed by atoms with Crippen LogP contribution >= 0.6 is 0 Å². The van der Waals surface area contributed by atoms with E-state index in [1.54, 1.807) is 16.7 Å². The molecule has 1 aliphatic heterocycles. The molecule has 4 heterocycles. The number of benzene rings is 7. The summed E-state index contributed by atoms with van der Waals surface area (Å²) in [5.41, 5.74) is 2.66. The van der Waals surface area contributed by atoms with Crippen molar-refractivity contribution in [2.45, 2.75) is 0 Å². The fourth-order valence-corrected chi connectivity index (χ4v) is 8.67. The fourth-order valence-electron chi connectivity index (χ4n) is 8.67. The third-order valence-corrected chi connectivity index (χ3v) is 11.4. The summed E-state index contributed by atoms with van der Waals surface area (Å²) in [5.74, 6) is -4.42. The van der Waals surface area contributed by atoms with Crippen molar-refractivity contribution in [1.29, 1.82) is 0 Å². The first-order valence-corrected chi connectivity index (χ1v) is 17.8. The van der Waals surface area contributed by atoms with Crippen molar-refractivity contribution in [3.63, 3.8) is 0 Å². The molecule has 0 unspecified atom stereocenters. The molecular formula is C42H20B5N2O9. The molecular weight excluding hydrogens is 731 g/mol. The number of phenols is 7. The Morgan fingerprint density at radius 2 is 0.914 bits per heavy atom. The van der Waals surface area contributed by atoms with E-state index in [1.165, 1.54) is 11.7 Å². The second kappa shape index (κ2) is 11.4. The molecule has 9 radical (unpaired) electrons. The Morgan fingerprint density at radius 3 is 1.53 bits per heavy atom. The monoisotopic (exact) mass is 751 g/mol. The van der Waals surface area contributed by atoms with E-state index in [9.17, 15) is 35.7 Å². The highest BCUT2D eigenvalue weighted by atomic mass is 17.0. The number of rotatable bonds is 3. The largest absolute Gasteiger partial charge is 0.509 e. The lowest BCUT2D eigenvalue weighted by molar-refractivity contribution is 0.0881. The lowest BCUT2D eigenvalue weighted by Gasteiger charge is -2.19. The minimum absolute atomic E-state index is 0.0267. The summed E-state index contributed by atoms with van der Waals surface area (Å²) in [5, 5.41) is 80.1. The average molecular weight is 751 g/mol. The van der Waals surface area contributed by atoms with Gasteiger partial charge in [0.2, 0.25) is 18.4 Å². The Labute approximate surface area is 331 Å². The maximum absolute atomic E-state index is 12.4. The smallest absolute Gasteiger partial charge is 0.245 e. The number of phenolic OH excluding ortho intramolecular Hbond substituents is 7. The van der Waals surface area contributed by atoms with Crippen LogP contribution in [-0.2, 0) is 0 Å². The highest BCUT2D eigenvalue weighted by Crippen LogP contribution is 2.48. The average Bonchev–Trinajstić information content (AvgIpc) is 3.73. The summed E-state index contributed by atoms with van der Waals surface area (Å²) in [6.07, 6.45) is 0. The van der Waals surface area contributed by atoms with Gasteiger partial charge in [-0.1, -0.05) is 66.7 Å². The molecule has 0 bridgehead atoms. The molecule has 0 spiro atoms. The lowest BCUT2D eigenvalue weighted by atomic mass is 9.58. The zero-order valence-electron chi connectivity index (χ0n) is 29.7. The molecule has 267 valence electrons. The van der Waals surface area contributed by atoms with E-state index in [0.29, 0.717) is 5.69 Å². The quantitative estimate of drug-likeness (QED) is 0.0814. The molecule has 0 amide bonds. The SMILES string of the molecule is [B]c1c(O)c2c3c(c1O)c1c(O)c([B])c(O)c4ooc5c(O)c6c(c(c5n3c41)[B]2)c1c([B])c(O)c(O)c([B])c1n6-c1ccc(-c2ccc(-c3ccccc3)cc2)cc1. The van der Waals surface area contributed by atoms with Crippen LogP contribution in [0.3, 0.4) is 0 Å². The molecule has 7 N–H and O–H groups in total. The summed E-state index contributed by atoms with van der Waals surface area (Å²) >= 11 is 0. The van der Waals surface area contributed by atoms with Gasteiger partial charge in [0.05, 0.1) is 32.8 Å². The summed E-state index contributed by atoms with van der Waals surface area (Å²) in [6, 6.07) is 25.4. The lowest BCUT2D eigenvalue weighted by Crippen LogP contribution is -2.36. The van der Waals surface area contributed by atoms with Gasteiger partial charge >= 0.3 is 0 Å². The summed E-state index contributed by atoms with van der Waals surface area (Å²) in [7, 11) is 27.1. The number of fused-ring (bicyclic) bond motifs is 5. The second-order valence-electron chi connectivity index (χ2n) is 14.3. The molecule has 0 saturated carbocycles. The van der Waals surface area contributed by atoms with Gasteiger partial charge in [0.25, 0.3) is 0 Å². The van der Waals surface area contributed by atoms with Gasteiger partial charge in [-0.3, -0.25) is 9.15 Å². The Hall–Kier alpha value is -7.34. The zero-order valence-corrected chi connectivity index (χ0v) is 29.7. The van der Waals surface area contributed by atoms with Gasteiger partial charge in [0.1, 0.15) is 59.9 Å². The zero-order chi connectivity index (χ0) is 40.2. The first-order chi connectivity index (χ1) is 27.9. The first kappa shape index (κ1) is 34.0. The van der Waals surface area contributed by atoms with Crippen molar-refractivity contribution in [3.8, 4) is 68.2 Å². The maximum atomic E-state index is 12.4.